The predicted octanol–water partition coefficient (Wildman–Crippen LogP) is 0.872. The molecule has 0 bridgehead atoms. The molecule has 5 heteroatoms. The second kappa shape index (κ2) is 5.36. The fourth-order valence-electron chi connectivity index (χ4n) is 3.27. The van der Waals surface area contributed by atoms with E-state index >= 15 is 0 Å². The summed E-state index contributed by atoms with van der Waals surface area (Å²) in [6.45, 7) is 7.70. The second-order valence-electron chi connectivity index (χ2n) is 5.56. The van der Waals surface area contributed by atoms with Crippen LogP contribution in [-0.2, 0) is 13.1 Å². The zero-order valence-corrected chi connectivity index (χ0v) is 11.2. The van der Waals surface area contributed by atoms with E-state index in [2.05, 4.69) is 31.9 Å². The van der Waals surface area contributed by atoms with Crippen molar-refractivity contribution in [3.63, 3.8) is 0 Å². The Morgan fingerprint density at radius 2 is 2.39 bits per heavy atom. The summed E-state index contributed by atoms with van der Waals surface area (Å²) >= 11 is 0. The Morgan fingerprint density at radius 3 is 3.22 bits per heavy atom. The van der Waals surface area contributed by atoms with Gasteiger partial charge in [0.05, 0.1) is 6.54 Å². The van der Waals surface area contributed by atoms with Gasteiger partial charge in [0.2, 0.25) is 0 Å². The average molecular weight is 249 g/mol. The third kappa shape index (κ3) is 2.42. The average Bonchev–Trinajstić information content (AvgIpc) is 2.97. The molecular formula is C13H23N5. The first-order valence-corrected chi connectivity index (χ1v) is 7.19. The zero-order valence-electron chi connectivity index (χ0n) is 11.2. The van der Waals surface area contributed by atoms with Gasteiger partial charge in [-0.05, 0) is 31.7 Å². The molecule has 18 heavy (non-hydrogen) atoms. The Hall–Kier alpha value is -0.940. The number of fused-ring (bicyclic) bond motifs is 1. The van der Waals surface area contributed by atoms with Crippen LogP contribution in [0.25, 0.3) is 0 Å². The highest BCUT2D eigenvalue weighted by Gasteiger charge is 2.34. The summed E-state index contributed by atoms with van der Waals surface area (Å²) in [5.74, 6) is 1.97. The third-order valence-electron chi connectivity index (χ3n) is 4.17. The van der Waals surface area contributed by atoms with Gasteiger partial charge in [0.15, 0.2) is 0 Å². The summed E-state index contributed by atoms with van der Waals surface area (Å²) in [7, 11) is 0. The number of hydrogen-bond acceptors (Lipinski definition) is 4. The Kier molecular flexibility index (Phi) is 3.61. The third-order valence-corrected chi connectivity index (χ3v) is 4.17. The Balaban J connectivity index is 1.61. The minimum atomic E-state index is 0.710. The van der Waals surface area contributed by atoms with E-state index in [9.17, 15) is 0 Å². The minimum absolute atomic E-state index is 0.710. The van der Waals surface area contributed by atoms with Gasteiger partial charge in [-0.15, -0.1) is 0 Å². The van der Waals surface area contributed by atoms with Gasteiger partial charge in [-0.25, -0.2) is 9.67 Å². The molecule has 1 N–H and O–H groups in total. The molecule has 0 amide bonds. The van der Waals surface area contributed by atoms with E-state index < -0.39 is 0 Å². The summed E-state index contributed by atoms with van der Waals surface area (Å²) in [6.07, 6.45) is 5.52. The van der Waals surface area contributed by atoms with Crippen molar-refractivity contribution in [1.82, 2.24) is 25.0 Å². The molecule has 2 atom stereocenters. The largest absolute Gasteiger partial charge is 0.312 e. The zero-order chi connectivity index (χ0) is 12.4. The highest BCUT2D eigenvalue weighted by atomic mass is 15.4. The first kappa shape index (κ1) is 12.1. The van der Waals surface area contributed by atoms with E-state index in [1.54, 1.807) is 6.33 Å². The van der Waals surface area contributed by atoms with Gasteiger partial charge < -0.3 is 5.32 Å². The van der Waals surface area contributed by atoms with Crippen LogP contribution in [-0.4, -0.2) is 45.3 Å². The summed E-state index contributed by atoms with van der Waals surface area (Å²) in [4.78, 5) is 6.94. The number of hydrogen-bond donors (Lipinski definition) is 1. The molecule has 0 aromatic carbocycles. The SMILES string of the molecule is CCCn1ncnc1CN1C[C@@H]2CCCN[C@@H]2C1. The molecule has 2 saturated heterocycles. The molecule has 1 aromatic heterocycles. The number of likely N-dealkylation sites (tertiary alicyclic amines) is 1. The molecule has 100 valence electrons. The molecule has 0 radical (unpaired) electrons. The molecule has 0 saturated carbocycles. The maximum Gasteiger partial charge on any atom is 0.141 e. The first-order valence-electron chi connectivity index (χ1n) is 7.19. The van der Waals surface area contributed by atoms with E-state index in [0.29, 0.717) is 6.04 Å². The Morgan fingerprint density at radius 1 is 1.44 bits per heavy atom. The van der Waals surface area contributed by atoms with Crippen molar-refractivity contribution >= 4 is 0 Å². The summed E-state index contributed by atoms with van der Waals surface area (Å²) in [6, 6.07) is 0.710. The predicted molar refractivity (Wildman–Crippen MR) is 70.1 cm³/mol. The lowest BCUT2D eigenvalue weighted by molar-refractivity contribution is 0.297. The fraction of sp³-hybridized carbons (Fsp3) is 0.846. The van der Waals surface area contributed by atoms with Gasteiger partial charge in [-0.2, -0.15) is 5.10 Å². The van der Waals surface area contributed by atoms with Gasteiger partial charge in [-0.1, -0.05) is 6.92 Å². The normalized spacial score (nSPS) is 28.5. The van der Waals surface area contributed by atoms with Crippen molar-refractivity contribution < 1.29 is 0 Å². The maximum atomic E-state index is 4.41. The van der Waals surface area contributed by atoms with Gasteiger partial charge in [0, 0.05) is 25.7 Å². The molecule has 3 rings (SSSR count). The van der Waals surface area contributed by atoms with Gasteiger partial charge >= 0.3 is 0 Å². The van der Waals surface area contributed by atoms with Crippen LogP contribution in [0.2, 0.25) is 0 Å². The van der Waals surface area contributed by atoms with E-state index in [4.69, 9.17) is 0 Å². The van der Waals surface area contributed by atoms with E-state index in [1.165, 1.54) is 32.5 Å². The molecule has 5 nitrogen and oxygen atoms in total. The quantitative estimate of drug-likeness (QED) is 0.860. The molecule has 1 aromatic rings. The fourth-order valence-corrected chi connectivity index (χ4v) is 3.27. The van der Waals surface area contributed by atoms with Gasteiger partial charge in [-0.3, -0.25) is 4.90 Å². The van der Waals surface area contributed by atoms with Crippen LogP contribution in [0.5, 0.6) is 0 Å². The Bertz CT molecular complexity index is 374. The number of aromatic nitrogens is 3. The topological polar surface area (TPSA) is 46.0 Å². The van der Waals surface area contributed by atoms with Crippen molar-refractivity contribution in [1.29, 1.82) is 0 Å². The highest BCUT2D eigenvalue weighted by Crippen LogP contribution is 2.25. The summed E-state index contributed by atoms with van der Waals surface area (Å²) < 4.78 is 2.05. The monoisotopic (exact) mass is 249 g/mol. The van der Waals surface area contributed by atoms with Gasteiger partial charge in [0.1, 0.15) is 12.2 Å². The van der Waals surface area contributed by atoms with Crippen LogP contribution < -0.4 is 5.32 Å². The lowest BCUT2D eigenvalue weighted by atomic mass is 9.94. The minimum Gasteiger partial charge on any atom is -0.312 e. The lowest BCUT2D eigenvalue weighted by Crippen LogP contribution is -2.40. The number of nitrogens with zero attached hydrogens (tertiary/aromatic N) is 4. The van der Waals surface area contributed by atoms with Crippen LogP contribution in [0.3, 0.4) is 0 Å². The number of rotatable bonds is 4. The number of piperidine rings is 1. The maximum absolute atomic E-state index is 4.41. The van der Waals surface area contributed by atoms with E-state index in [0.717, 1.165) is 31.3 Å². The van der Waals surface area contributed by atoms with Crippen molar-refractivity contribution in [2.75, 3.05) is 19.6 Å². The van der Waals surface area contributed by atoms with E-state index in [-0.39, 0.29) is 0 Å². The van der Waals surface area contributed by atoms with Gasteiger partial charge in [0.25, 0.3) is 0 Å². The molecule has 2 aliphatic heterocycles. The van der Waals surface area contributed by atoms with Crippen molar-refractivity contribution in [2.45, 2.75) is 45.3 Å². The number of nitrogens with one attached hydrogen (secondary N) is 1. The van der Waals surface area contributed by atoms with Crippen molar-refractivity contribution in [3.05, 3.63) is 12.2 Å². The van der Waals surface area contributed by atoms with Crippen molar-refractivity contribution in [2.24, 2.45) is 5.92 Å². The highest BCUT2D eigenvalue weighted by molar-refractivity contribution is 4.94. The molecule has 2 aliphatic rings. The Labute approximate surface area is 109 Å². The van der Waals surface area contributed by atoms with Crippen LogP contribution >= 0.6 is 0 Å². The molecule has 0 unspecified atom stereocenters. The van der Waals surface area contributed by atoms with Crippen molar-refractivity contribution in [3.8, 4) is 0 Å². The van der Waals surface area contributed by atoms with Crippen LogP contribution in [0.4, 0.5) is 0 Å². The number of aryl methyl sites for hydroxylation is 1. The molecule has 0 spiro atoms. The van der Waals surface area contributed by atoms with E-state index in [1.807, 2.05) is 0 Å². The molecule has 2 fully saturated rings. The summed E-state index contributed by atoms with van der Waals surface area (Å²) in [5.41, 5.74) is 0. The smallest absolute Gasteiger partial charge is 0.141 e. The molecular weight excluding hydrogens is 226 g/mol. The molecule has 0 aliphatic carbocycles. The standard InChI is InChI=1S/C13H23N5/c1-2-6-18-13(15-10-16-18)9-17-7-11-4-3-5-14-12(11)8-17/h10-12,14H,2-9H2,1H3/t11-,12+/m0/s1. The van der Waals surface area contributed by atoms with Crippen LogP contribution in [0, 0.1) is 5.92 Å². The van der Waals surface area contributed by atoms with Crippen LogP contribution in [0.15, 0.2) is 6.33 Å². The second-order valence-corrected chi connectivity index (χ2v) is 5.56. The summed E-state index contributed by atoms with van der Waals surface area (Å²) in [5, 5.41) is 7.95. The molecule has 3 heterocycles. The first-order chi connectivity index (χ1) is 8.86. The lowest BCUT2D eigenvalue weighted by Gasteiger charge is -2.24. The van der Waals surface area contributed by atoms with Crippen LogP contribution in [0.1, 0.15) is 32.0 Å².